The molecule has 0 aromatic heterocycles. The molecule has 0 fully saturated rings. The number of nitrogens with two attached hydrogens (primary N) is 1. The zero-order chi connectivity index (χ0) is 10.3. The average molecular weight is 207 g/mol. The first kappa shape index (κ1) is 13.2. The highest BCUT2D eigenvalue weighted by atomic mass is 32.2. The summed E-state index contributed by atoms with van der Waals surface area (Å²) in [6.07, 6.45) is 2.99. The lowest BCUT2D eigenvalue weighted by atomic mass is 10.1. The Balaban J connectivity index is 3.49. The summed E-state index contributed by atoms with van der Waals surface area (Å²) in [5, 5.41) is 9.27. The molecule has 0 rings (SSSR count). The second-order valence-corrected chi connectivity index (χ2v) is 4.55. The third-order valence-electron chi connectivity index (χ3n) is 1.72. The smallest absolute Gasteiger partial charge is 0.159 e. The summed E-state index contributed by atoms with van der Waals surface area (Å²) < 4.78 is 5.20. The molecule has 0 saturated heterocycles. The van der Waals surface area contributed by atoms with Crippen LogP contribution in [0.5, 0.6) is 0 Å². The Kier molecular flexibility index (Phi) is 6.77. The van der Waals surface area contributed by atoms with Crippen LogP contribution in [0.3, 0.4) is 0 Å². The normalized spacial score (nSPS) is 14.5. The fraction of sp³-hybridized carbons (Fsp3) is 1.00. The van der Waals surface area contributed by atoms with Gasteiger partial charge in [-0.2, -0.15) is 11.8 Å². The van der Waals surface area contributed by atoms with Gasteiger partial charge in [0.25, 0.3) is 0 Å². The van der Waals surface area contributed by atoms with Gasteiger partial charge in [-0.05, 0) is 44.7 Å². The Morgan fingerprint density at radius 3 is 2.54 bits per heavy atom. The van der Waals surface area contributed by atoms with Gasteiger partial charge >= 0.3 is 0 Å². The van der Waals surface area contributed by atoms with Gasteiger partial charge < -0.3 is 15.6 Å². The van der Waals surface area contributed by atoms with Gasteiger partial charge in [0.05, 0.1) is 6.61 Å². The van der Waals surface area contributed by atoms with Crippen LogP contribution >= 0.6 is 11.8 Å². The van der Waals surface area contributed by atoms with E-state index in [1.165, 1.54) is 0 Å². The highest BCUT2D eigenvalue weighted by Crippen LogP contribution is 2.11. The number of ether oxygens (including phenoxy) is 1. The van der Waals surface area contributed by atoms with E-state index >= 15 is 0 Å². The highest BCUT2D eigenvalue weighted by Gasteiger charge is 2.13. The molecule has 0 radical (unpaired) electrons. The summed E-state index contributed by atoms with van der Waals surface area (Å²) >= 11 is 1.79. The van der Waals surface area contributed by atoms with Gasteiger partial charge in [-0.3, -0.25) is 0 Å². The summed E-state index contributed by atoms with van der Waals surface area (Å²) in [6.45, 7) is 4.54. The molecule has 4 heteroatoms. The topological polar surface area (TPSA) is 55.5 Å². The first-order valence-corrected chi connectivity index (χ1v) is 5.94. The predicted molar refractivity (Wildman–Crippen MR) is 57.8 cm³/mol. The standard InChI is InChI=1S/C9H21NO2S/c1-9(2,11)12-5-4-8(6-10)7-13-3/h8,11H,4-7,10H2,1-3H3. The van der Waals surface area contributed by atoms with Crippen molar-refractivity contribution >= 4 is 11.8 Å². The summed E-state index contributed by atoms with van der Waals surface area (Å²) in [5.41, 5.74) is 5.58. The van der Waals surface area contributed by atoms with Crippen LogP contribution in [0.4, 0.5) is 0 Å². The van der Waals surface area contributed by atoms with Crippen molar-refractivity contribution in [2.45, 2.75) is 26.1 Å². The lowest BCUT2D eigenvalue weighted by Gasteiger charge is -2.20. The molecule has 0 spiro atoms. The largest absolute Gasteiger partial charge is 0.366 e. The summed E-state index contributed by atoms with van der Waals surface area (Å²) in [5.74, 6) is 0.543. The quantitative estimate of drug-likeness (QED) is 0.613. The molecule has 0 amide bonds. The van der Waals surface area contributed by atoms with Crippen LogP contribution in [0.1, 0.15) is 20.3 Å². The molecule has 0 heterocycles. The van der Waals surface area contributed by atoms with E-state index in [1.54, 1.807) is 25.6 Å². The van der Waals surface area contributed by atoms with Crippen LogP contribution in [-0.4, -0.2) is 36.1 Å². The fourth-order valence-corrected chi connectivity index (χ4v) is 1.75. The third-order valence-corrected chi connectivity index (χ3v) is 2.52. The Bertz CT molecular complexity index is 125. The van der Waals surface area contributed by atoms with E-state index in [9.17, 15) is 5.11 Å². The number of thioether (sulfide) groups is 1. The molecule has 1 unspecified atom stereocenters. The highest BCUT2D eigenvalue weighted by molar-refractivity contribution is 7.98. The SMILES string of the molecule is CSCC(CN)CCOC(C)(C)O. The Morgan fingerprint density at radius 1 is 1.54 bits per heavy atom. The van der Waals surface area contributed by atoms with Crippen LogP contribution in [0.25, 0.3) is 0 Å². The first-order valence-electron chi connectivity index (χ1n) is 4.55. The molecule has 0 aliphatic heterocycles. The first-order chi connectivity index (χ1) is 5.99. The van der Waals surface area contributed by atoms with Crippen molar-refractivity contribution in [1.82, 2.24) is 0 Å². The molecular weight excluding hydrogens is 186 g/mol. The van der Waals surface area contributed by atoms with Gasteiger partial charge in [0.1, 0.15) is 0 Å². The maximum atomic E-state index is 9.27. The Hall–Kier alpha value is 0.230. The van der Waals surface area contributed by atoms with Crippen molar-refractivity contribution in [2.24, 2.45) is 11.7 Å². The van der Waals surface area contributed by atoms with E-state index in [0.717, 1.165) is 12.2 Å². The van der Waals surface area contributed by atoms with Crippen molar-refractivity contribution in [3.63, 3.8) is 0 Å². The van der Waals surface area contributed by atoms with E-state index in [-0.39, 0.29) is 0 Å². The van der Waals surface area contributed by atoms with Crippen molar-refractivity contribution in [2.75, 3.05) is 25.2 Å². The van der Waals surface area contributed by atoms with E-state index in [0.29, 0.717) is 19.1 Å². The summed E-state index contributed by atoms with van der Waals surface area (Å²) in [4.78, 5) is 0. The number of hydrogen-bond donors (Lipinski definition) is 2. The predicted octanol–water partition coefficient (Wildman–Crippen LogP) is 1.06. The fourth-order valence-electron chi connectivity index (χ4n) is 0.980. The van der Waals surface area contributed by atoms with Gasteiger partial charge in [-0.1, -0.05) is 0 Å². The molecule has 80 valence electrons. The Morgan fingerprint density at radius 2 is 2.15 bits per heavy atom. The van der Waals surface area contributed by atoms with Gasteiger partial charge in [0.2, 0.25) is 0 Å². The van der Waals surface area contributed by atoms with E-state index in [4.69, 9.17) is 10.5 Å². The second kappa shape index (κ2) is 6.65. The minimum Gasteiger partial charge on any atom is -0.366 e. The second-order valence-electron chi connectivity index (χ2n) is 3.64. The van der Waals surface area contributed by atoms with E-state index in [2.05, 4.69) is 6.26 Å². The van der Waals surface area contributed by atoms with E-state index < -0.39 is 5.79 Å². The molecule has 0 aromatic rings. The van der Waals surface area contributed by atoms with Crippen LogP contribution in [0.15, 0.2) is 0 Å². The number of hydrogen-bond acceptors (Lipinski definition) is 4. The summed E-state index contributed by atoms with van der Waals surface area (Å²) in [6, 6.07) is 0. The molecule has 3 N–H and O–H groups in total. The monoisotopic (exact) mass is 207 g/mol. The lowest BCUT2D eigenvalue weighted by molar-refractivity contribution is -0.177. The van der Waals surface area contributed by atoms with Crippen LogP contribution < -0.4 is 5.73 Å². The van der Waals surface area contributed by atoms with E-state index in [1.807, 2.05) is 0 Å². The molecular formula is C9H21NO2S. The third kappa shape index (κ3) is 8.56. The lowest BCUT2D eigenvalue weighted by Crippen LogP contribution is -2.26. The minimum absolute atomic E-state index is 0.498. The number of aliphatic hydroxyl groups is 1. The van der Waals surface area contributed by atoms with Crippen LogP contribution in [0, 0.1) is 5.92 Å². The van der Waals surface area contributed by atoms with Gasteiger partial charge in [-0.25, -0.2) is 0 Å². The molecule has 0 aromatic carbocycles. The van der Waals surface area contributed by atoms with Gasteiger partial charge in [-0.15, -0.1) is 0 Å². The molecule has 0 aliphatic rings. The van der Waals surface area contributed by atoms with Crippen molar-refractivity contribution in [3.05, 3.63) is 0 Å². The maximum Gasteiger partial charge on any atom is 0.159 e. The summed E-state index contributed by atoms with van der Waals surface area (Å²) in [7, 11) is 0. The minimum atomic E-state index is -1.02. The van der Waals surface area contributed by atoms with Crippen molar-refractivity contribution < 1.29 is 9.84 Å². The molecule has 3 nitrogen and oxygen atoms in total. The molecule has 1 atom stereocenters. The molecule has 0 aliphatic carbocycles. The Labute approximate surface area is 85.0 Å². The number of rotatable bonds is 7. The molecule has 13 heavy (non-hydrogen) atoms. The van der Waals surface area contributed by atoms with Gasteiger partial charge in [0.15, 0.2) is 5.79 Å². The molecule has 0 saturated carbocycles. The zero-order valence-corrected chi connectivity index (χ0v) is 9.56. The maximum absolute atomic E-state index is 9.27. The van der Waals surface area contributed by atoms with Crippen LogP contribution in [0.2, 0.25) is 0 Å². The zero-order valence-electron chi connectivity index (χ0n) is 8.75. The van der Waals surface area contributed by atoms with Crippen molar-refractivity contribution in [3.8, 4) is 0 Å². The van der Waals surface area contributed by atoms with Crippen LogP contribution in [-0.2, 0) is 4.74 Å². The van der Waals surface area contributed by atoms with Gasteiger partial charge in [0, 0.05) is 0 Å². The van der Waals surface area contributed by atoms with Crippen molar-refractivity contribution in [1.29, 1.82) is 0 Å². The average Bonchev–Trinajstić information content (AvgIpc) is 2.01. The molecule has 0 bridgehead atoms.